The number of amides is 1. The maximum Gasteiger partial charge on any atom is 0.272 e. The molecule has 1 aliphatic rings. The Hall–Kier alpha value is -2.65. The van der Waals surface area contributed by atoms with E-state index in [1.54, 1.807) is 29.8 Å². The number of aryl methyl sites for hydroxylation is 1. The minimum Gasteiger partial charge on any atom is -0.497 e. The van der Waals surface area contributed by atoms with Crippen LogP contribution in [0.3, 0.4) is 0 Å². The van der Waals surface area contributed by atoms with Gasteiger partial charge < -0.3 is 9.64 Å². The number of hydrogen-bond acceptors (Lipinski definition) is 6. The van der Waals surface area contributed by atoms with Gasteiger partial charge in [-0.25, -0.2) is 8.42 Å². The van der Waals surface area contributed by atoms with Crippen molar-refractivity contribution in [3.05, 3.63) is 58.4 Å². The van der Waals surface area contributed by atoms with Crippen LogP contribution < -0.4 is 4.74 Å². The molecule has 1 saturated heterocycles. The molecule has 0 saturated carbocycles. The number of hydrogen-bond donors (Lipinski definition) is 0. The Balaban J connectivity index is 1.57. The molecule has 1 amide bonds. The van der Waals surface area contributed by atoms with E-state index in [0.29, 0.717) is 30.1 Å². The van der Waals surface area contributed by atoms with Crippen LogP contribution >= 0.6 is 11.3 Å². The van der Waals surface area contributed by atoms with Crippen molar-refractivity contribution in [1.29, 1.82) is 0 Å². The molecule has 1 fully saturated rings. The molecule has 3 heterocycles. The summed E-state index contributed by atoms with van der Waals surface area (Å²) in [4.78, 5) is 15.7. The van der Waals surface area contributed by atoms with Gasteiger partial charge in [0.1, 0.15) is 11.4 Å². The molecule has 0 aliphatic carbocycles. The SMILES string of the molecule is COc1cccc(-c2cc(C(=O)N3CCC(c4cccs4)S(=O)(=O)CC3)n(C)n2)c1. The summed E-state index contributed by atoms with van der Waals surface area (Å²) in [6.45, 7) is 0.572. The summed E-state index contributed by atoms with van der Waals surface area (Å²) in [5.74, 6) is 0.464. The Morgan fingerprint density at radius 2 is 2.03 bits per heavy atom. The molecular weight excluding hydrogens is 422 g/mol. The van der Waals surface area contributed by atoms with Crippen molar-refractivity contribution in [3.63, 3.8) is 0 Å². The van der Waals surface area contributed by atoms with Gasteiger partial charge >= 0.3 is 0 Å². The van der Waals surface area contributed by atoms with Gasteiger partial charge in [-0.3, -0.25) is 9.48 Å². The van der Waals surface area contributed by atoms with E-state index in [1.165, 1.54) is 11.3 Å². The fraction of sp³-hybridized carbons (Fsp3) is 0.333. The van der Waals surface area contributed by atoms with Crippen molar-refractivity contribution in [2.75, 3.05) is 26.0 Å². The van der Waals surface area contributed by atoms with Gasteiger partial charge in [-0.15, -0.1) is 11.3 Å². The van der Waals surface area contributed by atoms with E-state index < -0.39 is 15.1 Å². The lowest BCUT2D eigenvalue weighted by Gasteiger charge is -2.19. The number of carbonyl (C=O) groups excluding carboxylic acids is 1. The van der Waals surface area contributed by atoms with Crippen LogP contribution in [0.25, 0.3) is 11.3 Å². The molecule has 3 aromatic rings. The molecular formula is C21H23N3O4S2. The zero-order valence-corrected chi connectivity index (χ0v) is 18.4. The number of ether oxygens (including phenoxy) is 1. The number of carbonyl (C=O) groups is 1. The fourth-order valence-corrected chi connectivity index (χ4v) is 6.70. The normalized spacial score (nSPS) is 18.7. The topological polar surface area (TPSA) is 81.5 Å². The van der Waals surface area contributed by atoms with Crippen LogP contribution in [0.1, 0.15) is 27.0 Å². The smallest absolute Gasteiger partial charge is 0.272 e. The van der Waals surface area contributed by atoms with E-state index in [4.69, 9.17) is 4.74 Å². The third kappa shape index (κ3) is 3.99. The first-order chi connectivity index (χ1) is 14.4. The second-order valence-electron chi connectivity index (χ2n) is 7.22. The van der Waals surface area contributed by atoms with Crippen molar-refractivity contribution in [2.45, 2.75) is 11.7 Å². The molecule has 4 rings (SSSR count). The van der Waals surface area contributed by atoms with Crippen LogP contribution in [0.2, 0.25) is 0 Å². The molecule has 1 aromatic carbocycles. The van der Waals surface area contributed by atoms with E-state index in [2.05, 4.69) is 5.10 Å². The third-order valence-corrected chi connectivity index (χ3v) is 8.60. The number of methoxy groups -OCH3 is 1. The maximum atomic E-state index is 13.2. The van der Waals surface area contributed by atoms with E-state index in [9.17, 15) is 13.2 Å². The Kier molecular flexibility index (Phi) is 5.66. The van der Waals surface area contributed by atoms with Gasteiger partial charge in [0.15, 0.2) is 9.84 Å². The van der Waals surface area contributed by atoms with Crippen molar-refractivity contribution in [2.24, 2.45) is 7.05 Å². The maximum absolute atomic E-state index is 13.2. The Bertz CT molecular complexity index is 1150. The Morgan fingerprint density at radius 1 is 1.20 bits per heavy atom. The van der Waals surface area contributed by atoms with E-state index in [-0.39, 0.29) is 18.2 Å². The zero-order valence-electron chi connectivity index (χ0n) is 16.8. The number of nitrogens with zero attached hydrogens (tertiary/aromatic N) is 3. The molecule has 1 aliphatic heterocycles. The predicted octanol–water partition coefficient (Wildman–Crippen LogP) is 3.16. The van der Waals surface area contributed by atoms with Crippen LogP contribution in [0, 0.1) is 0 Å². The lowest BCUT2D eigenvalue weighted by atomic mass is 10.1. The van der Waals surface area contributed by atoms with Crippen LogP contribution in [-0.2, 0) is 16.9 Å². The van der Waals surface area contributed by atoms with E-state index in [1.807, 2.05) is 41.8 Å². The zero-order chi connectivity index (χ0) is 21.3. The van der Waals surface area contributed by atoms with Crippen molar-refractivity contribution >= 4 is 27.1 Å². The first kappa shape index (κ1) is 20.6. The van der Waals surface area contributed by atoms with E-state index in [0.717, 1.165) is 10.4 Å². The monoisotopic (exact) mass is 445 g/mol. The van der Waals surface area contributed by atoms with Gasteiger partial charge in [-0.1, -0.05) is 18.2 Å². The third-order valence-electron chi connectivity index (χ3n) is 5.35. The summed E-state index contributed by atoms with van der Waals surface area (Å²) >= 11 is 1.45. The summed E-state index contributed by atoms with van der Waals surface area (Å²) in [6, 6.07) is 12.9. The highest BCUT2D eigenvalue weighted by molar-refractivity contribution is 7.91. The minimum absolute atomic E-state index is 0.0398. The van der Waals surface area contributed by atoms with Gasteiger partial charge in [-0.2, -0.15) is 5.10 Å². The molecule has 0 radical (unpaired) electrons. The fourth-order valence-electron chi connectivity index (χ4n) is 3.69. The van der Waals surface area contributed by atoms with Gasteiger partial charge in [0.05, 0.1) is 23.8 Å². The molecule has 30 heavy (non-hydrogen) atoms. The molecule has 2 aromatic heterocycles. The van der Waals surface area contributed by atoms with Crippen molar-refractivity contribution in [1.82, 2.24) is 14.7 Å². The number of rotatable bonds is 4. The molecule has 0 bridgehead atoms. The number of aromatic nitrogens is 2. The molecule has 0 spiro atoms. The average molecular weight is 446 g/mol. The van der Waals surface area contributed by atoms with Crippen molar-refractivity contribution in [3.8, 4) is 17.0 Å². The average Bonchev–Trinajstić information content (AvgIpc) is 3.36. The van der Waals surface area contributed by atoms with E-state index >= 15 is 0 Å². The first-order valence-electron chi connectivity index (χ1n) is 9.62. The summed E-state index contributed by atoms with van der Waals surface area (Å²) < 4.78 is 32.3. The predicted molar refractivity (Wildman–Crippen MR) is 117 cm³/mol. The summed E-state index contributed by atoms with van der Waals surface area (Å²) in [5.41, 5.74) is 1.94. The summed E-state index contributed by atoms with van der Waals surface area (Å²) in [7, 11) is 0.0157. The minimum atomic E-state index is -3.31. The van der Waals surface area contributed by atoms with Crippen molar-refractivity contribution < 1.29 is 17.9 Å². The summed E-state index contributed by atoms with van der Waals surface area (Å²) in [6.07, 6.45) is 0.398. The number of thiophene rings is 1. The van der Waals surface area contributed by atoms with Gasteiger partial charge in [0.25, 0.3) is 5.91 Å². The molecule has 1 atom stereocenters. The number of benzene rings is 1. The molecule has 9 heteroatoms. The van der Waals surface area contributed by atoms with Crippen LogP contribution in [0.5, 0.6) is 5.75 Å². The van der Waals surface area contributed by atoms with Gasteiger partial charge in [-0.05, 0) is 36.1 Å². The second kappa shape index (κ2) is 8.23. The molecule has 0 N–H and O–H groups in total. The highest BCUT2D eigenvalue weighted by Crippen LogP contribution is 2.33. The Labute approximate surface area is 179 Å². The molecule has 1 unspecified atom stereocenters. The van der Waals surface area contributed by atoms with Crippen LogP contribution in [0.4, 0.5) is 0 Å². The number of sulfone groups is 1. The summed E-state index contributed by atoms with van der Waals surface area (Å²) in [5, 5.41) is 5.81. The standard InChI is InChI=1S/C21H23N3O4S2/c1-23-18(14-17(22-23)15-5-3-6-16(13-15)28-2)21(25)24-9-8-20(19-7-4-11-29-19)30(26,27)12-10-24/h3-7,11,13-14,20H,8-10,12H2,1-2H3. The highest BCUT2D eigenvalue weighted by Gasteiger charge is 2.34. The van der Waals surface area contributed by atoms with Gasteiger partial charge in [0, 0.05) is 30.6 Å². The quantitative estimate of drug-likeness (QED) is 0.616. The second-order valence-corrected chi connectivity index (χ2v) is 10.5. The molecule has 158 valence electrons. The largest absolute Gasteiger partial charge is 0.497 e. The first-order valence-corrected chi connectivity index (χ1v) is 12.2. The van der Waals surface area contributed by atoms with Crippen LogP contribution in [0.15, 0.2) is 47.8 Å². The highest BCUT2D eigenvalue weighted by atomic mass is 32.2. The lowest BCUT2D eigenvalue weighted by Crippen LogP contribution is -2.34. The van der Waals surface area contributed by atoms with Crippen LogP contribution in [-0.4, -0.2) is 55.0 Å². The Morgan fingerprint density at radius 3 is 2.77 bits per heavy atom. The molecule has 7 nitrogen and oxygen atoms in total. The van der Waals surface area contributed by atoms with Gasteiger partial charge in [0.2, 0.25) is 0 Å². The lowest BCUT2D eigenvalue weighted by molar-refractivity contribution is 0.0755.